The van der Waals surface area contributed by atoms with E-state index in [1.54, 1.807) is 6.92 Å². The Hall–Kier alpha value is -2.58. The van der Waals surface area contributed by atoms with Crippen molar-refractivity contribution < 1.29 is 9.59 Å². The summed E-state index contributed by atoms with van der Waals surface area (Å²) in [5.74, 6) is -0.371. The fraction of sp³-hybridized carbons (Fsp3) is 0.333. The molecule has 3 aromatic rings. The van der Waals surface area contributed by atoms with Crippen molar-refractivity contribution in [1.82, 2.24) is 14.9 Å². The molecule has 0 aliphatic heterocycles. The summed E-state index contributed by atoms with van der Waals surface area (Å²) in [4.78, 5) is 27.4. The van der Waals surface area contributed by atoms with Gasteiger partial charge in [-0.05, 0) is 61.7 Å². The van der Waals surface area contributed by atoms with Gasteiger partial charge in [0.15, 0.2) is 0 Å². The number of aromatic nitrogens is 2. The molecule has 1 aromatic carbocycles. The highest BCUT2D eigenvalue weighted by Gasteiger charge is 2.27. The molecule has 29 heavy (non-hydrogen) atoms. The van der Waals surface area contributed by atoms with Gasteiger partial charge in [0.2, 0.25) is 0 Å². The molecule has 2 aromatic heterocycles. The summed E-state index contributed by atoms with van der Waals surface area (Å²) < 4.78 is 3.83. The van der Waals surface area contributed by atoms with Gasteiger partial charge < -0.3 is 10.6 Å². The van der Waals surface area contributed by atoms with E-state index in [1.807, 2.05) is 18.2 Å². The van der Waals surface area contributed by atoms with Crippen LogP contribution in [0.1, 0.15) is 54.6 Å². The molecule has 0 unspecified atom stereocenters. The van der Waals surface area contributed by atoms with Crippen molar-refractivity contribution in [2.24, 2.45) is 0 Å². The Labute approximate surface area is 177 Å². The van der Waals surface area contributed by atoms with Crippen LogP contribution in [0.2, 0.25) is 0 Å². The number of benzene rings is 1. The third-order valence-corrected chi connectivity index (χ3v) is 7.06. The zero-order chi connectivity index (χ0) is 20.2. The normalized spacial score (nSPS) is 13.0. The quantitative estimate of drug-likeness (QED) is 0.624. The Morgan fingerprint density at radius 3 is 2.66 bits per heavy atom. The molecule has 0 bridgehead atoms. The fourth-order valence-electron chi connectivity index (χ4n) is 3.55. The number of amides is 2. The Balaban J connectivity index is 1.53. The highest BCUT2D eigenvalue weighted by Crippen LogP contribution is 2.38. The Morgan fingerprint density at radius 2 is 1.90 bits per heavy atom. The van der Waals surface area contributed by atoms with Gasteiger partial charge in [-0.15, -0.1) is 16.4 Å². The predicted octanol–water partition coefficient (Wildman–Crippen LogP) is 4.01. The number of nitrogens with one attached hydrogen (secondary N) is 2. The molecule has 1 aliphatic carbocycles. The molecular formula is C21H22N4O2S2. The lowest BCUT2D eigenvalue weighted by atomic mass is 9.95. The maximum Gasteiger partial charge on any atom is 0.269 e. The van der Waals surface area contributed by atoms with Crippen LogP contribution in [0.3, 0.4) is 0 Å². The predicted molar refractivity (Wildman–Crippen MR) is 116 cm³/mol. The van der Waals surface area contributed by atoms with E-state index in [2.05, 4.69) is 32.4 Å². The summed E-state index contributed by atoms with van der Waals surface area (Å²) >= 11 is 2.59. The van der Waals surface area contributed by atoms with Crippen LogP contribution in [-0.4, -0.2) is 27.9 Å². The number of anilines is 1. The smallest absolute Gasteiger partial charge is 0.269 e. The van der Waals surface area contributed by atoms with E-state index >= 15 is 0 Å². The third-order valence-electron chi connectivity index (χ3n) is 5.03. The van der Waals surface area contributed by atoms with Crippen LogP contribution >= 0.6 is 22.9 Å². The number of hydrogen-bond acceptors (Lipinski definition) is 6. The molecule has 0 atom stereocenters. The number of rotatable bonds is 6. The summed E-state index contributed by atoms with van der Waals surface area (Å²) in [5, 5.41) is 10.5. The summed E-state index contributed by atoms with van der Waals surface area (Å²) in [5.41, 5.74) is 3.50. The topological polar surface area (TPSA) is 84.0 Å². The minimum atomic E-state index is -0.255. The summed E-state index contributed by atoms with van der Waals surface area (Å²) in [6.07, 6.45) is 4.80. The van der Waals surface area contributed by atoms with Crippen LogP contribution in [0.5, 0.6) is 0 Å². The minimum Gasteiger partial charge on any atom is -0.352 e. The average Bonchev–Trinajstić information content (AvgIpc) is 3.31. The van der Waals surface area contributed by atoms with Gasteiger partial charge in [-0.2, -0.15) is 0 Å². The van der Waals surface area contributed by atoms with Crippen LogP contribution in [-0.2, 0) is 19.3 Å². The lowest BCUT2D eigenvalue weighted by molar-refractivity contribution is 0.0954. The van der Waals surface area contributed by atoms with Gasteiger partial charge in [-0.25, -0.2) is 0 Å². The number of fused-ring (bicyclic) bond motifs is 1. The molecule has 2 heterocycles. The van der Waals surface area contributed by atoms with Crippen molar-refractivity contribution >= 4 is 39.7 Å². The maximum atomic E-state index is 13.0. The van der Waals surface area contributed by atoms with Crippen LogP contribution in [0.25, 0.3) is 0 Å². The monoisotopic (exact) mass is 426 g/mol. The van der Waals surface area contributed by atoms with E-state index in [9.17, 15) is 9.59 Å². The molecule has 1 aliphatic rings. The highest BCUT2D eigenvalue weighted by atomic mass is 32.1. The molecule has 0 saturated carbocycles. The molecule has 150 valence electrons. The van der Waals surface area contributed by atoms with Crippen LogP contribution < -0.4 is 10.6 Å². The average molecular weight is 427 g/mol. The summed E-state index contributed by atoms with van der Waals surface area (Å²) in [7, 11) is 0. The van der Waals surface area contributed by atoms with Crippen molar-refractivity contribution in [3.05, 3.63) is 62.5 Å². The van der Waals surface area contributed by atoms with Crippen molar-refractivity contribution in [2.45, 2.75) is 39.0 Å². The first-order valence-corrected chi connectivity index (χ1v) is 11.3. The summed E-state index contributed by atoms with van der Waals surface area (Å²) in [6.45, 7) is 2.31. The molecule has 0 spiro atoms. The summed E-state index contributed by atoms with van der Waals surface area (Å²) in [6, 6.07) is 10.1. The van der Waals surface area contributed by atoms with Crippen molar-refractivity contribution in [1.29, 1.82) is 0 Å². The zero-order valence-corrected chi connectivity index (χ0v) is 17.8. The first kappa shape index (κ1) is 19.7. The van der Waals surface area contributed by atoms with Crippen LogP contribution in [0.15, 0.2) is 30.3 Å². The van der Waals surface area contributed by atoms with E-state index in [0.29, 0.717) is 27.7 Å². The molecule has 0 fully saturated rings. The first-order valence-electron chi connectivity index (χ1n) is 9.70. The molecule has 0 saturated heterocycles. The molecular weight excluding hydrogens is 404 g/mol. The molecule has 8 heteroatoms. The number of thiophene rings is 1. The van der Waals surface area contributed by atoms with E-state index < -0.39 is 0 Å². The molecule has 6 nitrogen and oxygen atoms in total. The van der Waals surface area contributed by atoms with Crippen LogP contribution in [0.4, 0.5) is 5.00 Å². The number of nitrogens with zero attached hydrogens (tertiary/aromatic N) is 2. The van der Waals surface area contributed by atoms with Crippen LogP contribution in [0, 0.1) is 6.92 Å². The Kier molecular flexibility index (Phi) is 6.01. The molecule has 2 amide bonds. The standard InChI is InChI=1S/C21H22N4O2S2/c1-13-18(29-25-24-13)20(27)23-21-17(15-9-5-6-10-16(15)28-21)19(26)22-12-11-14-7-3-2-4-8-14/h2-4,7-8H,5-6,9-12H2,1H3,(H,22,26)(H,23,27). The Morgan fingerprint density at radius 1 is 1.10 bits per heavy atom. The van der Waals surface area contributed by atoms with Gasteiger partial charge in [0, 0.05) is 11.4 Å². The van der Waals surface area contributed by atoms with Crippen molar-refractivity contribution in [3.8, 4) is 0 Å². The molecule has 0 radical (unpaired) electrons. The SMILES string of the molecule is Cc1nnsc1C(=O)Nc1sc2c(c1C(=O)NCCc1ccccc1)CCCC2. The first-order chi connectivity index (χ1) is 14.1. The number of aryl methyl sites for hydroxylation is 2. The second-order valence-electron chi connectivity index (χ2n) is 7.05. The largest absolute Gasteiger partial charge is 0.352 e. The number of hydrogen-bond donors (Lipinski definition) is 2. The Bertz CT molecular complexity index is 1030. The van der Waals surface area contributed by atoms with Gasteiger partial charge in [0.25, 0.3) is 11.8 Å². The third kappa shape index (κ3) is 4.38. The van der Waals surface area contributed by atoms with Crippen molar-refractivity contribution in [3.63, 3.8) is 0 Å². The van der Waals surface area contributed by atoms with E-state index in [4.69, 9.17) is 0 Å². The van der Waals surface area contributed by atoms with Crippen molar-refractivity contribution in [2.75, 3.05) is 11.9 Å². The lowest BCUT2D eigenvalue weighted by Crippen LogP contribution is -2.27. The highest BCUT2D eigenvalue weighted by molar-refractivity contribution is 7.17. The van der Waals surface area contributed by atoms with E-state index in [-0.39, 0.29) is 11.8 Å². The zero-order valence-electron chi connectivity index (χ0n) is 16.2. The van der Waals surface area contributed by atoms with Gasteiger partial charge in [-0.3, -0.25) is 9.59 Å². The number of carbonyl (C=O) groups excluding carboxylic acids is 2. The van der Waals surface area contributed by atoms with Gasteiger partial charge >= 0.3 is 0 Å². The second-order valence-corrected chi connectivity index (χ2v) is 8.91. The molecule has 4 rings (SSSR count). The maximum absolute atomic E-state index is 13.0. The van der Waals surface area contributed by atoms with E-state index in [1.165, 1.54) is 21.8 Å². The number of carbonyl (C=O) groups is 2. The van der Waals surface area contributed by atoms with E-state index in [0.717, 1.165) is 49.2 Å². The van der Waals surface area contributed by atoms with Gasteiger partial charge in [-0.1, -0.05) is 34.8 Å². The minimum absolute atomic E-state index is 0.116. The molecule has 2 N–H and O–H groups in total. The second kappa shape index (κ2) is 8.84. The van der Waals surface area contributed by atoms with Gasteiger partial charge in [0.05, 0.1) is 11.3 Å². The lowest BCUT2D eigenvalue weighted by Gasteiger charge is -2.13. The van der Waals surface area contributed by atoms with Gasteiger partial charge in [0.1, 0.15) is 9.88 Å². The fourth-order valence-corrected chi connectivity index (χ4v) is 5.38.